The third kappa shape index (κ3) is 11.5. The van der Waals surface area contributed by atoms with Crippen LogP contribution in [0.3, 0.4) is 0 Å². The molecule has 0 aliphatic carbocycles. The van der Waals surface area contributed by atoms with Gasteiger partial charge in [0, 0.05) is 64.4 Å². The summed E-state index contributed by atoms with van der Waals surface area (Å²) < 4.78 is 139. The Kier molecular flexibility index (Phi) is 13.8. The SMILES string of the molecule is Cn1cc(NC(=O)Nc2cc(C(=O)Nc3cc(C(=O)Nc4ccc5cc(S(=O)(=O)O)c(S(=O)(=O)O)cc5c4)n(C)c3)n(C)c2)cc1C(=O)Nc1cc(C(=O)Nc2ccc3cc(S(=O)(=O)O)c(S(=O)(=O)O)cc3c2)n(C)c1. The molecule has 0 spiro atoms. The van der Waals surface area contributed by atoms with Gasteiger partial charge in [-0.3, -0.25) is 37.4 Å². The van der Waals surface area contributed by atoms with Gasteiger partial charge in [0.15, 0.2) is 0 Å². The molecule has 0 saturated carbocycles. The highest BCUT2D eigenvalue weighted by atomic mass is 32.2. The number of hydrogen-bond acceptors (Lipinski definition) is 13. The first-order valence-electron chi connectivity index (χ1n) is 21.4. The number of urea groups is 1. The fourth-order valence-corrected chi connectivity index (χ4v) is 11.6. The standard InChI is InChI=1S/C45H40N10O17S4/c1-52-19-29(15-33(52)41(56)46-27-7-5-23-11-37(73(61,62)63)39(75(67,68)69)13-25(23)9-27)48-43(58)35-17-31(21-54(35)3)50-45(60)51-32-18-36(55(4)22-32)44(59)49-30-16-34(53(2)20-30)42(57)47-28-8-6-24-12-38(74(64,65)66)40(76(70,71)72)14-26(24)10-28/h5-22H,1-4H3,(H,46,56)(H,47,57)(H,48,58)(H,49,59)(H2,50,51,60)(H,61,62,63)(H,64,65,66)(H,67,68,69)(H,70,71,72). The zero-order valence-corrected chi connectivity index (χ0v) is 42.7. The van der Waals surface area contributed by atoms with Gasteiger partial charge in [-0.05, 0) is 94.3 Å². The predicted octanol–water partition coefficient (Wildman–Crippen LogP) is 4.99. The summed E-state index contributed by atoms with van der Waals surface area (Å²) in [5, 5.41) is 16.3. The minimum absolute atomic E-state index is 0.0632. The Bertz CT molecular complexity index is 4020. The van der Waals surface area contributed by atoms with Gasteiger partial charge in [0.1, 0.15) is 42.4 Å². The molecule has 4 heterocycles. The van der Waals surface area contributed by atoms with Crippen molar-refractivity contribution in [3.8, 4) is 0 Å². The van der Waals surface area contributed by atoms with Crippen molar-refractivity contribution in [3.05, 3.63) is 132 Å². The molecule has 0 atom stereocenters. The summed E-state index contributed by atoms with van der Waals surface area (Å²) in [6.07, 6.45) is 5.81. The van der Waals surface area contributed by atoms with E-state index in [0.717, 1.165) is 24.3 Å². The van der Waals surface area contributed by atoms with E-state index in [1.165, 1.54) is 118 Å². The van der Waals surface area contributed by atoms with Gasteiger partial charge in [-0.25, -0.2) is 4.79 Å². The minimum atomic E-state index is -5.09. The van der Waals surface area contributed by atoms with Crippen molar-refractivity contribution in [2.45, 2.75) is 19.6 Å². The molecule has 4 aromatic carbocycles. The Balaban J connectivity index is 0.865. The first-order chi connectivity index (χ1) is 35.3. The molecule has 6 amide bonds. The largest absolute Gasteiger partial charge is 0.344 e. The number of benzene rings is 4. The summed E-state index contributed by atoms with van der Waals surface area (Å²) >= 11 is 0. The fourth-order valence-electron chi connectivity index (χ4n) is 7.98. The molecule has 396 valence electrons. The van der Waals surface area contributed by atoms with Crippen LogP contribution >= 0.6 is 0 Å². The zero-order chi connectivity index (χ0) is 55.6. The van der Waals surface area contributed by atoms with Crippen molar-refractivity contribution in [2.75, 3.05) is 31.9 Å². The van der Waals surface area contributed by atoms with Crippen LogP contribution in [-0.4, -0.2) is 99.8 Å². The summed E-state index contributed by atoms with van der Waals surface area (Å²) in [5.41, 5.74) is 1.39. The molecule has 8 aromatic rings. The molecule has 0 aliphatic heterocycles. The maximum Gasteiger partial charge on any atom is 0.323 e. The minimum Gasteiger partial charge on any atom is -0.344 e. The molecule has 0 radical (unpaired) electrons. The van der Waals surface area contributed by atoms with E-state index in [4.69, 9.17) is 0 Å². The Labute approximate surface area is 430 Å². The number of hydrogen-bond donors (Lipinski definition) is 10. The van der Waals surface area contributed by atoms with Crippen LogP contribution in [0.15, 0.2) is 129 Å². The predicted molar refractivity (Wildman–Crippen MR) is 273 cm³/mol. The monoisotopic (exact) mass is 1120 g/mol. The second kappa shape index (κ2) is 19.5. The maximum absolute atomic E-state index is 13.4. The summed E-state index contributed by atoms with van der Waals surface area (Å²) in [4.78, 5) is 62.3. The van der Waals surface area contributed by atoms with E-state index in [2.05, 4.69) is 31.9 Å². The van der Waals surface area contributed by atoms with Crippen molar-refractivity contribution < 1.29 is 75.9 Å². The van der Waals surface area contributed by atoms with Crippen LogP contribution in [-0.2, 0) is 68.7 Å². The van der Waals surface area contributed by atoms with Gasteiger partial charge in [0.25, 0.3) is 64.1 Å². The highest BCUT2D eigenvalue weighted by Gasteiger charge is 2.27. The Morgan fingerprint density at radius 3 is 0.829 bits per heavy atom. The molecule has 0 saturated heterocycles. The van der Waals surface area contributed by atoms with Crippen LogP contribution in [0.2, 0.25) is 0 Å². The molecule has 0 bridgehead atoms. The van der Waals surface area contributed by atoms with Crippen molar-refractivity contribution >= 4 is 126 Å². The Hall–Kier alpha value is -8.69. The molecule has 76 heavy (non-hydrogen) atoms. The summed E-state index contributed by atoms with van der Waals surface area (Å²) in [6.45, 7) is 0. The zero-order valence-electron chi connectivity index (χ0n) is 39.4. The number of carbonyl (C=O) groups excluding carboxylic acids is 5. The lowest BCUT2D eigenvalue weighted by Crippen LogP contribution is -2.18. The van der Waals surface area contributed by atoms with Gasteiger partial charge >= 0.3 is 6.03 Å². The van der Waals surface area contributed by atoms with Crippen LogP contribution < -0.4 is 31.9 Å². The molecule has 0 aliphatic rings. The van der Waals surface area contributed by atoms with Crippen molar-refractivity contribution in [2.24, 2.45) is 28.2 Å². The van der Waals surface area contributed by atoms with Gasteiger partial charge in [0.05, 0.1) is 22.7 Å². The molecule has 0 unspecified atom stereocenters. The van der Waals surface area contributed by atoms with E-state index in [0.29, 0.717) is 0 Å². The topological polar surface area (TPSA) is 395 Å². The van der Waals surface area contributed by atoms with Crippen LogP contribution in [0.4, 0.5) is 38.9 Å². The summed E-state index contributed by atoms with van der Waals surface area (Å²) in [5.74, 6) is -2.59. The molecule has 31 heteroatoms. The van der Waals surface area contributed by atoms with Crippen molar-refractivity contribution in [1.82, 2.24) is 18.3 Å². The van der Waals surface area contributed by atoms with Crippen molar-refractivity contribution in [1.29, 1.82) is 0 Å². The second-order valence-corrected chi connectivity index (χ2v) is 22.5. The number of anilines is 6. The van der Waals surface area contributed by atoms with E-state index >= 15 is 0 Å². The van der Waals surface area contributed by atoms with Crippen LogP contribution in [0, 0.1) is 0 Å². The lowest BCUT2D eigenvalue weighted by Gasteiger charge is -2.10. The van der Waals surface area contributed by atoms with Gasteiger partial charge < -0.3 is 50.2 Å². The van der Waals surface area contributed by atoms with Crippen LogP contribution in [0.1, 0.15) is 42.0 Å². The smallest absolute Gasteiger partial charge is 0.323 e. The number of nitrogens with one attached hydrogen (secondary N) is 6. The number of aromatic nitrogens is 4. The lowest BCUT2D eigenvalue weighted by atomic mass is 10.1. The average Bonchev–Trinajstić information content (AvgIpc) is 4.08. The quantitative estimate of drug-likeness (QED) is 0.0641. The number of carbonyl (C=O) groups is 5. The molecule has 0 fully saturated rings. The number of rotatable bonds is 14. The first kappa shape index (κ1) is 53.6. The van der Waals surface area contributed by atoms with E-state index in [9.17, 15) is 75.9 Å². The number of fused-ring (bicyclic) bond motifs is 2. The van der Waals surface area contributed by atoms with E-state index in [-0.39, 0.29) is 78.4 Å². The second-order valence-electron chi connectivity index (χ2n) is 16.9. The Morgan fingerprint density at radius 1 is 0.329 bits per heavy atom. The molecule has 4 aromatic heterocycles. The van der Waals surface area contributed by atoms with Gasteiger partial charge in [-0.1, -0.05) is 12.1 Å². The molecule has 10 N–H and O–H groups in total. The number of nitrogens with zero attached hydrogens (tertiary/aromatic N) is 4. The van der Waals surface area contributed by atoms with Gasteiger partial charge in [-0.2, -0.15) is 33.7 Å². The van der Waals surface area contributed by atoms with Crippen molar-refractivity contribution in [3.63, 3.8) is 0 Å². The normalized spacial score (nSPS) is 12.1. The number of aryl methyl sites for hydroxylation is 4. The van der Waals surface area contributed by atoms with Gasteiger partial charge in [0.2, 0.25) is 0 Å². The first-order valence-corrected chi connectivity index (χ1v) is 27.1. The summed E-state index contributed by atoms with van der Waals surface area (Å²) in [6, 6.07) is 16.2. The Morgan fingerprint density at radius 2 is 0.566 bits per heavy atom. The van der Waals surface area contributed by atoms with Gasteiger partial charge in [-0.15, -0.1) is 0 Å². The maximum atomic E-state index is 13.4. The van der Waals surface area contributed by atoms with E-state index in [1.54, 1.807) is 14.1 Å². The molecule has 27 nitrogen and oxygen atoms in total. The molecular weight excluding hydrogens is 1080 g/mol. The third-order valence-corrected chi connectivity index (χ3v) is 15.2. The van der Waals surface area contributed by atoms with E-state index < -0.39 is 89.7 Å². The highest BCUT2D eigenvalue weighted by molar-refractivity contribution is 7.89. The lowest BCUT2D eigenvalue weighted by molar-refractivity contribution is 0.101. The van der Waals surface area contributed by atoms with E-state index in [1.807, 2.05) is 0 Å². The fraction of sp³-hybridized carbons (Fsp3) is 0.0889. The summed E-state index contributed by atoms with van der Waals surface area (Å²) in [7, 11) is -14.1. The number of amides is 6. The van der Waals surface area contributed by atoms with Crippen LogP contribution in [0.25, 0.3) is 21.5 Å². The molecule has 8 rings (SSSR count). The molecular formula is C45H40N10O17S4. The van der Waals surface area contributed by atoms with Crippen LogP contribution in [0.5, 0.6) is 0 Å². The highest BCUT2D eigenvalue weighted by Crippen LogP contribution is 2.32. The average molecular weight is 1120 g/mol. The third-order valence-electron chi connectivity index (χ3n) is 11.4.